The molecule has 1 saturated heterocycles. The van der Waals surface area contributed by atoms with Crippen molar-refractivity contribution in [2.75, 3.05) is 17.6 Å². The summed E-state index contributed by atoms with van der Waals surface area (Å²) in [5, 5.41) is 6.05. The molecule has 0 saturated carbocycles. The fourth-order valence-corrected chi connectivity index (χ4v) is 3.87. The first-order valence-electron chi connectivity index (χ1n) is 5.92. The Labute approximate surface area is 110 Å². The molecule has 0 radical (unpaired) electrons. The zero-order chi connectivity index (χ0) is 14.2. The van der Waals surface area contributed by atoms with Gasteiger partial charge in [-0.15, -0.1) is 5.10 Å². The molecule has 1 N–H and O–H groups in total. The molecule has 106 valence electrons. The highest BCUT2D eigenvalue weighted by Gasteiger charge is 2.31. The largest absolute Gasteiger partial charge is 0.363 e. The van der Waals surface area contributed by atoms with Gasteiger partial charge >= 0.3 is 5.69 Å². The van der Waals surface area contributed by atoms with Crippen LogP contribution in [0.4, 0.5) is 5.82 Å². The van der Waals surface area contributed by atoms with Gasteiger partial charge in [-0.1, -0.05) is 0 Å². The van der Waals surface area contributed by atoms with Crippen LogP contribution in [0.25, 0.3) is 0 Å². The summed E-state index contributed by atoms with van der Waals surface area (Å²) in [6.07, 6.45) is 1.23. The molecule has 2 heterocycles. The van der Waals surface area contributed by atoms with Crippen molar-refractivity contribution in [1.82, 2.24) is 14.3 Å². The second-order valence-corrected chi connectivity index (χ2v) is 7.03. The maximum absolute atomic E-state index is 11.8. The van der Waals surface area contributed by atoms with Crippen LogP contribution in [0, 0.1) is 0 Å². The van der Waals surface area contributed by atoms with E-state index in [2.05, 4.69) is 10.4 Å². The topological polar surface area (TPSA) is 103 Å². The third-order valence-corrected chi connectivity index (χ3v) is 5.56. The number of nitrogens with one attached hydrogen (secondary N) is 1. The van der Waals surface area contributed by atoms with Crippen LogP contribution in [0.15, 0.2) is 9.59 Å². The van der Waals surface area contributed by atoms with Gasteiger partial charge < -0.3 is 5.32 Å². The molecule has 0 spiro atoms. The van der Waals surface area contributed by atoms with E-state index in [1.54, 1.807) is 0 Å². The third-order valence-electron chi connectivity index (χ3n) is 3.28. The van der Waals surface area contributed by atoms with Crippen LogP contribution in [0.3, 0.4) is 0 Å². The summed E-state index contributed by atoms with van der Waals surface area (Å²) in [6.45, 7) is 0.142. The molecule has 1 aromatic heterocycles. The Kier molecular flexibility index (Phi) is 3.48. The lowest BCUT2D eigenvalue weighted by Gasteiger charge is -2.11. The molecular formula is C10H16N4O4S. The van der Waals surface area contributed by atoms with Gasteiger partial charge in [0.05, 0.1) is 11.0 Å². The average Bonchev–Trinajstić information content (AvgIpc) is 2.69. The number of sulfone groups is 1. The predicted octanol–water partition coefficient (Wildman–Crippen LogP) is -1.53. The van der Waals surface area contributed by atoms with E-state index in [1.807, 2.05) is 0 Å². The standard InChI is InChI=1S/C10H16N4O4S/c1-13-9(15)8(12-14(2)10(13)16)11-6-7-4-3-5-19(7,17)18/h7H,3-6H2,1-2H3,(H,11,12). The lowest BCUT2D eigenvalue weighted by atomic mass is 10.2. The van der Waals surface area contributed by atoms with E-state index >= 15 is 0 Å². The molecule has 1 aromatic rings. The molecule has 1 fully saturated rings. The van der Waals surface area contributed by atoms with Crippen molar-refractivity contribution in [2.24, 2.45) is 14.1 Å². The highest BCUT2D eigenvalue weighted by Crippen LogP contribution is 2.19. The lowest BCUT2D eigenvalue weighted by Crippen LogP contribution is -2.40. The van der Waals surface area contributed by atoms with Crippen LogP contribution in [0.1, 0.15) is 12.8 Å². The summed E-state index contributed by atoms with van der Waals surface area (Å²) >= 11 is 0. The predicted molar refractivity (Wildman–Crippen MR) is 70.0 cm³/mol. The fraction of sp³-hybridized carbons (Fsp3) is 0.700. The van der Waals surface area contributed by atoms with Gasteiger partial charge in [-0.05, 0) is 12.8 Å². The molecule has 1 unspecified atom stereocenters. The van der Waals surface area contributed by atoms with Gasteiger partial charge in [-0.2, -0.15) is 0 Å². The van der Waals surface area contributed by atoms with Crippen molar-refractivity contribution in [1.29, 1.82) is 0 Å². The minimum absolute atomic E-state index is 0.00769. The quantitative estimate of drug-likeness (QED) is 0.723. The fourth-order valence-electron chi connectivity index (χ4n) is 2.11. The SMILES string of the molecule is Cn1nc(NCC2CCCS2(=O)=O)c(=O)n(C)c1=O. The number of hydrogen-bond donors (Lipinski definition) is 1. The van der Waals surface area contributed by atoms with E-state index in [9.17, 15) is 18.0 Å². The molecule has 0 bridgehead atoms. The number of anilines is 1. The summed E-state index contributed by atoms with van der Waals surface area (Å²) in [7, 11) is -0.285. The molecule has 0 aromatic carbocycles. The van der Waals surface area contributed by atoms with E-state index in [-0.39, 0.29) is 18.1 Å². The number of aryl methyl sites for hydroxylation is 1. The van der Waals surface area contributed by atoms with Crippen molar-refractivity contribution >= 4 is 15.7 Å². The van der Waals surface area contributed by atoms with Crippen LogP contribution in [-0.4, -0.2) is 40.3 Å². The molecule has 9 heteroatoms. The van der Waals surface area contributed by atoms with Gasteiger partial charge in [0.1, 0.15) is 0 Å². The van der Waals surface area contributed by atoms with Crippen molar-refractivity contribution in [3.05, 3.63) is 20.8 Å². The van der Waals surface area contributed by atoms with Crippen molar-refractivity contribution in [2.45, 2.75) is 18.1 Å². The highest BCUT2D eigenvalue weighted by atomic mass is 32.2. The summed E-state index contributed by atoms with van der Waals surface area (Å²) in [6, 6.07) is 0. The molecule has 0 amide bonds. The third kappa shape index (κ3) is 2.55. The number of rotatable bonds is 3. The van der Waals surface area contributed by atoms with Crippen LogP contribution in [0.5, 0.6) is 0 Å². The van der Waals surface area contributed by atoms with E-state index < -0.39 is 26.3 Å². The Bertz CT molecular complexity index is 703. The van der Waals surface area contributed by atoms with Crippen molar-refractivity contribution in [3.8, 4) is 0 Å². The van der Waals surface area contributed by atoms with Crippen LogP contribution >= 0.6 is 0 Å². The van der Waals surface area contributed by atoms with Gasteiger partial charge in [0.15, 0.2) is 9.84 Å². The Balaban J connectivity index is 2.22. The van der Waals surface area contributed by atoms with Crippen LogP contribution < -0.4 is 16.6 Å². The Morgan fingerprint density at radius 2 is 2.05 bits per heavy atom. The smallest absolute Gasteiger partial charge is 0.346 e. The lowest BCUT2D eigenvalue weighted by molar-refractivity contribution is 0.588. The van der Waals surface area contributed by atoms with Gasteiger partial charge in [-0.25, -0.2) is 17.9 Å². The second kappa shape index (κ2) is 4.80. The van der Waals surface area contributed by atoms with Gasteiger partial charge in [0.2, 0.25) is 5.82 Å². The summed E-state index contributed by atoms with van der Waals surface area (Å²) in [5.74, 6) is 0.185. The minimum Gasteiger partial charge on any atom is -0.363 e. The molecule has 1 aliphatic heterocycles. The number of hydrogen-bond acceptors (Lipinski definition) is 6. The van der Waals surface area contributed by atoms with Crippen LogP contribution in [-0.2, 0) is 23.9 Å². The number of nitrogens with zero attached hydrogens (tertiary/aromatic N) is 3. The maximum Gasteiger partial charge on any atom is 0.346 e. The molecule has 8 nitrogen and oxygen atoms in total. The first-order chi connectivity index (χ1) is 8.83. The monoisotopic (exact) mass is 288 g/mol. The highest BCUT2D eigenvalue weighted by molar-refractivity contribution is 7.92. The van der Waals surface area contributed by atoms with Gasteiger partial charge in [-0.3, -0.25) is 9.36 Å². The average molecular weight is 288 g/mol. The van der Waals surface area contributed by atoms with E-state index in [0.29, 0.717) is 12.8 Å². The minimum atomic E-state index is -3.07. The van der Waals surface area contributed by atoms with Gasteiger partial charge in [0, 0.05) is 20.6 Å². The molecular weight excluding hydrogens is 272 g/mol. The van der Waals surface area contributed by atoms with Crippen molar-refractivity contribution in [3.63, 3.8) is 0 Å². The summed E-state index contributed by atoms with van der Waals surface area (Å²) in [5.41, 5.74) is -1.08. The summed E-state index contributed by atoms with van der Waals surface area (Å²) in [4.78, 5) is 23.2. The normalized spacial score (nSPS) is 21.5. The van der Waals surface area contributed by atoms with E-state index in [0.717, 1.165) is 9.25 Å². The van der Waals surface area contributed by atoms with E-state index in [1.165, 1.54) is 14.1 Å². The van der Waals surface area contributed by atoms with Crippen LogP contribution in [0.2, 0.25) is 0 Å². The molecule has 1 aliphatic rings. The van der Waals surface area contributed by atoms with Gasteiger partial charge in [0.25, 0.3) is 5.56 Å². The zero-order valence-electron chi connectivity index (χ0n) is 10.8. The molecule has 19 heavy (non-hydrogen) atoms. The zero-order valence-corrected chi connectivity index (χ0v) is 11.6. The Hall–Kier alpha value is -1.64. The molecule has 0 aliphatic carbocycles. The first-order valence-corrected chi connectivity index (χ1v) is 7.64. The Morgan fingerprint density at radius 3 is 2.63 bits per heavy atom. The first kappa shape index (κ1) is 13.8. The van der Waals surface area contributed by atoms with Crippen molar-refractivity contribution < 1.29 is 8.42 Å². The maximum atomic E-state index is 11.8. The number of aromatic nitrogens is 3. The second-order valence-electron chi connectivity index (χ2n) is 4.63. The molecule has 1 atom stereocenters. The Morgan fingerprint density at radius 1 is 1.37 bits per heavy atom. The van der Waals surface area contributed by atoms with E-state index in [4.69, 9.17) is 0 Å². The summed E-state index contributed by atoms with van der Waals surface area (Å²) < 4.78 is 25.3. The molecule has 2 rings (SSSR count).